The number of nitrogens with one attached hydrogen (secondary N) is 1. The maximum atomic E-state index is 12.4. The Hall–Kier alpha value is -1.06. The molecule has 0 radical (unpaired) electrons. The minimum absolute atomic E-state index is 0. The average molecular weight is 323 g/mol. The van der Waals surface area contributed by atoms with Gasteiger partial charge in [0.1, 0.15) is 0 Å². The van der Waals surface area contributed by atoms with Gasteiger partial charge in [0.2, 0.25) is 5.91 Å². The Kier molecular flexibility index (Phi) is 6.71. The maximum absolute atomic E-state index is 12.4. The van der Waals surface area contributed by atoms with Crippen molar-refractivity contribution in [3.63, 3.8) is 0 Å². The summed E-state index contributed by atoms with van der Waals surface area (Å²) in [7, 11) is 0. The fraction of sp³-hybridized carbons (Fsp3) is 0.611. The zero-order chi connectivity index (χ0) is 14.5. The monoisotopic (exact) mass is 322 g/mol. The maximum Gasteiger partial charge on any atom is 0.222 e. The van der Waals surface area contributed by atoms with E-state index in [1.54, 1.807) is 0 Å². The number of carbonyl (C=O) groups is 1. The van der Waals surface area contributed by atoms with Gasteiger partial charge in [-0.2, -0.15) is 0 Å². The first-order valence-electron chi connectivity index (χ1n) is 8.36. The Labute approximate surface area is 139 Å². The van der Waals surface area contributed by atoms with Crippen molar-refractivity contribution in [2.24, 2.45) is 5.92 Å². The molecule has 1 amide bonds. The van der Waals surface area contributed by atoms with Crippen LogP contribution in [0.3, 0.4) is 0 Å². The zero-order valence-corrected chi connectivity index (χ0v) is 14.0. The van der Waals surface area contributed by atoms with Crippen molar-refractivity contribution in [1.29, 1.82) is 0 Å². The van der Waals surface area contributed by atoms with Crippen LogP contribution >= 0.6 is 12.4 Å². The molecule has 2 heterocycles. The summed E-state index contributed by atoms with van der Waals surface area (Å²) < 4.78 is 0. The van der Waals surface area contributed by atoms with E-state index in [1.807, 2.05) is 0 Å². The van der Waals surface area contributed by atoms with Gasteiger partial charge >= 0.3 is 0 Å². The molecule has 3 rings (SSSR count). The molecule has 0 spiro atoms. The number of nitrogens with zero attached hydrogens (tertiary/aromatic N) is 1. The molecule has 1 atom stereocenters. The third kappa shape index (κ3) is 4.47. The molecular formula is C18H27ClN2O. The summed E-state index contributed by atoms with van der Waals surface area (Å²) in [5.41, 5.74) is 1.38. The van der Waals surface area contributed by atoms with Crippen LogP contribution in [-0.4, -0.2) is 37.0 Å². The smallest absolute Gasteiger partial charge is 0.222 e. The largest absolute Gasteiger partial charge is 0.342 e. The first kappa shape index (κ1) is 17.3. The number of hydrogen-bond donors (Lipinski definition) is 1. The molecule has 0 bridgehead atoms. The van der Waals surface area contributed by atoms with Crippen LogP contribution in [0.25, 0.3) is 0 Å². The summed E-state index contributed by atoms with van der Waals surface area (Å²) in [5, 5.41) is 3.39. The number of benzene rings is 1. The van der Waals surface area contributed by atoms with Crippen molar-refractivity contribution < 1.29 is 4.79 Å². The lowest BCUT2D eigenvalue weighted by molar-refractivity contribution is -0.130. The Morgan fingerprint density at radius 2 is 1.86 bits per heavy atom. The molecule has 2 saturated heterocycles. The molecular weight excluding hydrogens is 296 g/mol. The molecule has 3 nitrogen and oxygen atoms in total. The normalized spacial score (nSPS) is 22.4. The fourth-order valence-electron chi connectivity index (χ4n) is 3.64. The second-order valence-corrected chi connectivity index (χ2v) is 6.47. The highest BCUT2D eigenvalue weighted by Gasteiger charge is 2.27. The minimum atomic E-state index is 0. The first-order valence-corrected chi connectivity index (χ1v) is 8.36. The topological polar surface area (TPSA) is 32.3 Å². The summed E-state index contributed by atoms with van der Waals surface area (Å²) >= 11 is 0. The standard InChI is InChI=1S/C18H26N2O.ClH/c21-18(7-6-15-8-11-19-12-9-15)20-13-10-17(14-20)16-4-2-1-3-5-16;/h1-5,15,17,19H,6-14H2;1H. The molecule has 1 aromatic rings. The summed E-state index contributed by atoms with van der Waals surface area (Å²) in [4.78, 5) is 14.5. The van der Waals surface area contributed by atoms with E-state index >= 15 is 0 Å². The lowest BCUT2D eigenvalue weighted by Crippen LogP contribution is -2.31. The van der Waals surface area contributed by atoms with E-state index in [4.69, 9.17) is 0 Å². The van der Waals surface area contributed by atoms with Crippen LogP contribution in [0.1, 0.15) is 43.6 Å². The average Bonchev–Trinajstić information content (AvgIpc) is 3.04. The molecule has 122 valence electrons. The van der Waals surface area contributed by atoms with Gasteiger partial charge in [0, 0.05) is 25.4 Å². The number of carbonyl (C=O) groups excluding carboxylic acids is 1. The fourth-order valence-corrected chi connectivity index (χ4v) is 3.64. The van der Waals surface area contributed by atoms with E-state index in [0.29, 0.717) is 11.8 Å². The van der Waals surface area contributed by atoms with E-state index in [2.05, 4.69) is 40.5 Å². The van der Waals surface area contributed by atoms with Crippen molar-refractivity contribution in [2.75, 3.05) is 26.2 Å². The number of rotatable bonds is 4. The van der Waals surface area contributed by atoms with Crippen molar-refractivity contribution in [3.8, 4) is 0 Å². The molecule has 0 aromatic heterocycles. The summed E-state index contributed by atoms with van der Waals surface area (Å²) in [6, 6.07) is 10.6. The van der Waals surface area contributed by atoms with Gasteiger partial charge < -0.3 is 10.2 Å². The van der Waals surface area contributed by atoms with Gasteiger partial charge in [-0.15, -0.1) is 12.4 Å². The van der Waals surface area contributed by atoms with Crippen LogP contribution < -0.4 is 5.32 Å². The van der Waals surface area contributed by atoms with E-state index in [-0.39, 0.29) is 12.4 Å². The Balaban J connectivity index is 0.00000176. The Bertz CT molecular complexity index is 459. The number of halogens is 1. The predicted molar refractivity (Wildman–Crippen MR) is 92.5 cm³/mol. The molecule has 0 saturated carbocycles. The molecule has 1 N–H and O–H groups in total. The third-order valence-corrected chi connectivity index (χ3v) is 5.04. The van der Waals surface area contributed by atoms with Gasteiger partial charge in [-0.25, -0.2) is 0 Å². The third-order valence-electron chi connectivity index (χ3n) is 5.04. The molecule has 22 heavy (non-hydrogen) atoms. The molecule has 2 fully saturated rings. The van der Waals surface area contributed by atoms with E-state index < -0.39 is 0 Å². The predicted octanol–water partition coefficient (Wildman–Crippen LogP) is 3.20. The quantitative estimate of drug-likeness (QED) is 0.923. The lowest BCUT2D eigenvalue weighted by Gasteiger charge is -2.23. The van der Waals surface area contributed by atoms with Crippen LogP contribution in [0.2, 0.25) is 0 Å². The number of likely N-dealkylation sites (tertiary alicyclic amines) is 1. The van der Waals surface area contributed by atoms with Crippen molar-refractivity contribution >= 4 is 18.3 Å². The van der Waals surface area contributed by atoms with Crippen molar-refractivity contribution in [3.05, 3.63) is 35.9 Å². The van der Waals surface area contributed by atoms with E-state index in [9.17, 15) is 4.79 Å². The molecule has 2 aliphatic rings. The molecule has 0 aliphatic carbocycles. The second kappa shape index (κ2) is 8.54. The van der Waals surface area contributed by atoms with Crippen LogP contribution in [0.4, 0.5) is 0 Å². The molecule has 4 heteroatoms. The van der Waals surface area contributed by atoms with Crippen LogP contribution in [-0.2, 0) is 4.79 Å². The highest BCUT2D eigenvalue weighted by molar-refractivity contribution is 5.85. The summed E-state index contributed by atoms with van der Waals surface area (Å²) in [6.45, 7) is 4.09. The van der Waals surface area contributed by atoms with Crippen molar-refractivity contribution in [1.82, 2.24) is 10.2 Å². The van der Waals surface area contributed by atoms with Gasteiger partial charge in [0.25, 0.3) is 0 Å². The summed E-state index contributed by atoms with van der Waals surface area (Å²) in [5.74, 6) is 1.66. The number of piperidine rings is 1. The van der Waals surface area contributed by atoms with Crippen LogP contribution in [0.5, 0.6) is 0 Å². The van der Waals surface area contributed by atoms with E-state index in [1.165, 1.54) is 18.4 Å². The Morgan fingerprint density at radius 3 is 2.59 bits per heavy atom. The highest BCUT2D eigenvalue weighted by atomic mass is 35.5. The van der Waals surface area contributed by atoms with E-state index in [0.717, 1.165) is 51.4 Å². The van der Waals surface area contributed by atoms with Crippen LogP contribution in [0, 0.1) is 5.92 Å². The SMILES string of the molecule is Cl.O=C(CCC1CCNCC1)N1CCC(c2ccccc2)C1. The zero-order valence-electron chi connectivity index (χ0n) is 13.2. The van der Waals surface area contributed by atoms with Gasteiger partial charge in [-0.3, -0.25) is 4.79 Å². The van der Waals surface area contributed by atoms with Crippen molar-refractivity contribution in [2.45, 2.75) is 38.0 Å². The van der Waals surface area contributed by atoms with Gasteiger partial charge in [-0.05, 0) is 50.3 Å². The van der Waals surface area contributed by atoms with Gasteiger partial charge in [0.15, 0.2) is 0 Å². The summed E-state index contributed by atoms with van der Waals surface area (Å²) in [6.07, 6.45) is 5.40. The molecule has 2 aliphatic heterocycles. The minimum Gasteiger partial charge on any atom is -0.342 e. The second-order valence-electron chi connectivity index (χ2n) is 6.47. The molecule has 1 unspecified atom stereocenters. The number of hydrogen-bond acceptors (Lipinski definition) is 2. The Morgan fingerprint density at radius 1 is 1.14 bits per heavy atom. The van der Waals surface area contributed by atoms with Gasteiger partial charge in [-0.1, -0.05) is 30.3 Å². The van der Waals surface area contributed by atoms with Crippen LogP contribution in [0.15, 0.2) is 30.3 Å². The highest BCUT2D eigenvalue weighted by Crippen LogP contribution is 2.28. The number of amides is 1. The first-order chi connectivity index (χ1) is 10.3. The van der Waals surface area contributed by atoms with Gasteiger partial charge in [0.05, 0.1) is 0 Å². The lowest BCUT2D eigenvalue weighted by atomic mass is 9.93. The molecule has 1 aromatic carbocycles.